The van der Waals surface area contributed by atoms with Gasteiger partial charge in [0.15, 0.2) is 5.76 Å². The molecule has 0 spiro atoms. The number of para-hydroxylation sites is 1. The van der Waals surface area contributed by atoms with Crippen molar-refractivity contribution in [1.29, 1.82) is 0 Å². The van der Waals surface area contributed by atoms with Gasteiger partial charge in [0.1, 0.15) is 5.58 Å². The summed E-state index contributed by atoms with van der Waals surface area (Å²) in [6.45, 7) is 1.50. The number of piperidine rings is 1. The Labute approximate surface area is 159 Å². The molecule has 1 aromatic heterocycles. The number of rotatable bonds is 3. The van der Waals surface area contributed by atoms with E-state index in [9.17, 15) is 18.0 Å². The summed E-state index contributed by atoms with van der Waals surface area (Å²) in [5, 5.41) is 3.38. The number of carbonyl (C=O) groups excluding carboxylic acids is 1. The number of carbonyl (C=O) groups is 1. The van der Waals surface area contributed by atoms with E-state index in [0.29, 0.717) is 11.3 Å². The summed E-state index contributed by atoms with van der Waals surface area (Å²) in [5.41, 5.74) is 0.487. The molecular formula is C21H19F3N2O2. The number of anilines is 2. The third-order valence-electron chi connectivity index (χ3n) is 4.92. The number of benzene rings is 2. The van der Waals surface area contributed by atoms with Crippen molar-refractivity contribution in [1.82, 2.24) is 0 Å². The first-order valence-electron chi connectivity index (χ1n) is 9.18. The van der Waals surface area contributed by atoms with Crippen molar-refractivity contribution in [2.24, 2.45) is 0 Å². The van der Waals surface area contributed by atoms with Crippen molar-refractivity contribution in [2.75, 3.05) is 23.3 Å². The van der Waals surface area contributed by atoms with Crippen molar-refractivity contribution in [3.63, 3.8) is 0 Å². The van der Waals surface area contributed by atoms with Crippen molar-refractivity contribution in [2.45, 2.75) is 25.4 Å². The minimum absolute atomic E-state index is 0.0585. The summed E-state index contributed by atoms with van der Waals surface area (Å²) in [6, 6.07) is 12.2. The van der Waals surface area contributed by atoms with Gasteiger partial charge in [0.25, 0.3) is 5.91 Å². The van der Waals surface area contributed by atoms with E-state index in [-0.39, 0.29) is 11.4 Å². The number of hydrogen-bond acceptors (Lipinski definition) is 3. The molecule has 0 aliphatic carbocycles. The van der Waals surface area contributed by atoms with Crippen LogP contribution in [0, 0.1) is 0 Å². The zero-order chi connectivity index (χ0) is 19.7. The second-order valence-electron chi connectivity index (χ2n) is 6.88. The molecule has 1 aliphatic rings. The number of furan rings is 1. The smallest absolute Gasteiger partial charge is 0.416 e. The molecule has 2 aromatic carbocycles. The van der Waals surface area contributed by atoms with Gasteiger partial charge < -0.3 is 14.6 Å². The summed E-state index contributed by atoms with van der Waals surface area (Å²) >= 11 is 0. The third kappa shape index (κ3) is 3.69. The molecule has 4 nitrogen and oxygen atoms in total. The van der Waals surface area contributed by atoms with Gasteiger partial charge >= 0.3 is 6.18 Å². The van der Waals surface area contributed by atoms with Gasteiger partial charge in [0, 0.05) is 18.5 Å². The average molecular weight is 388 g/mol. The van der Waals surface area contributed by atoms with Gasteiger partial charge in [-0.15, -0.1) is 0 Å². The van der Waals surface area contributed by atoms with Crippen LogP contribution in [0.1, 0.15) is 35.4 Å². The molecule has 0 bridgehead atoms. The molecule has 1 aliphatic heterocycles. The molecule has 3 aromatic rings. The Kier molecular flexibility index (Phi) is 4.75. The van der Waals surface area contributed by atoms with Crippen LogP contribution in [0.25, 0.3) is 11.0 Å². The topological polar surface area (TPSA) is 45.5 Å². The maximum absolute atomic E-state index is 13.2. The second-order valence-corrected chi connectivity index (χ2v) is 6.88. The van der Waals surface area contributed by atoms with Crippen LogP contribution in [-0.4, -0.2) is 19.0 Å². The Morgan fingerprint density at radius 3 is 2.46 bits per heavy atom. The second kappa shape index (κ2) is 7.22. The van der Waals surface area contributed by atoms with Crippen molar-refractivity contribution >= 4 is 28.3 Å². The van der Waals surface area contributed by atoms with E-state index in [2.05, 4.69) is 5.32 Å². The van der Waals surface area contributed by atoms with E-state index in [0.717, 1.165) is 49.9 Å². The minimum Gasteiger partial charge on any atom is -0.451 e. The summed E-state index contributed by atoms with van der Waals surface area (Å²) in [4.78, 5) is 14.7. The van der Waals surface area contributed by atoms with Crippen molar-refractivity contribution in [3.8, 4) is 0 Å². The molecule has 146 valence electrons. The predicted molar refractivity (Wildman–Crippen MR) is 102 cm³/mol. The zero-order valence-corrected chi connectivity index (χ0v) is 15.1. The number of nitrogens with zero attached hydrogens (tertiary/aromatic N) is 1. The number of halogens is 3. The first-order chi connectivity index (χ1) is 13.4. The van der Waals surface area contributed by atoms with E-state index in [1.54, 1.807) is 24.3 Å². The number of alkyl halides is 3. The van der Waals surface area contributed by atoms with Gasteiger partial charge in [0.05, 0.1) is 16.9 Å². The van der Waals surface area contributed by atoms with E-state index < -0.39 is 17.6 Å². The van der Waals surface area contributed by atoms with Crippen LogP contribution < -0.4 is 10.2 Å². The van der Waals surface area contributed by atoms with Crippen molar-refractivity contribution < 1.29 is 22.4 Å². The maximum atomic E-state index is 13.2. The Bertz CT molecular complexity index is 971. The highest BCUT2D eigenvalue weighted by atomic mass is 19.4. The van der Waals surface area contributed by atoms with Crippen LogP contribution in [0.4, 0.5) is 24.5 Å². The highest BCUT2D eigenvalue weighted by molar-refractivity contribution is 6.06. The third-order valence-corrected chi connectivity index (χ3v) is 4.92. The van der Waals surface area contributed by atoms with Crippen LogP contribution in [0.2, 0.25) is 0 Å². The van der Waals surface area contributed by atoms with Crippen LogP contribution >= 0.6 is 0 Å². The van der Waals surface area contributed by atoms with Crippen LogP contribution in [0.3, 0.4) is 0 Å². The first-order valence-corrected chi connectivity index (χ1v) is 9.18. The molecule has 0 saturated carbocycles. The first kappa shape index (κ1) is 18.4. The summed E-state index contributed by atoms with van der Waals surface area (Å²) in [6.07, 6.45) is -1.45. The Balaban J connectivity index is 1.68. The van der Waals surface area contributed by atoms with Gasteiger partial charge in [-0.05, 0) is 49.6 Å². The molecule has 28 heavy (non-hydrogen) atoms. The Hall–Kier alpha value is -2.96. The molecule has 2 heterocycles. The summed E-state index contributed by atoms with van der Waals surface area (Å²) < 4.78 is 45.1. The predicted octanol–water partition coefficient (Wildman–Crippen LogP) is 5.69. The van der Waals surface area contributed by atoms with E-state index in [1.165, 1.54) is 6.07 Å². The normalized spacial score (nSPS) is 15.0. The quantitative estimate of drug-likeness (QED) is 0.627. The SMILES string of the molecule is O=C(Nc1cc(C(F)(F)F)ccc1N1CCCCC1)c1cc2ccccc2o1. The average Bonchev–Trinajstić information content (AvgIpc) is 3.12. The van der Waals surface area contributed by atoms with Gasteiger partial charge in [-0.25, -0.2) is 0 Å². The molecule has 1 fully saturated rings. The zero-order valence-electron chi connectivity index (χ0n) is 15.1. The van der Waals surface area contributed by atoms with Gasteiger partial charge in [-0.3, -0.25) is 4.79 Å². The number of hydrogen-bond donors (Lipinski definition) is 1. The fourth-order valence-corrected chi connectivity index (χ4v) is 3.50. The number of amides is 1. The van der Waals surface area contributed by atoms with Crippen LogP contribution in [-0.2, 0) is 6.18 Å². The molecule has 0 unspecified atom stereocenters. The fourth-order valence-electron chi connectivity index (χ4n) is 3.50. The molecule has 4 rings (SSSR count). The lowest BCUT2D eigenvalue weighted by Gasteiger charge is -2.31. The summed E-state index contributed by atoms with van der Waals surface area (Å²) in [7, 11) is 0. The molecule has 1 saturated heterocycles. The van der Waals surface area contributed by atoms with Crippen molar-refractivity contribution in [3.05, 3.63) is 59.9 Å². The molecular weight excluding hydrogens is 369 g/mol. The Morgan fingerprint density at radius 1 is 1.00 bits per heavy atom. The van der Waals surface area contributed by atoms with Crippen LogP contribution in [0.5, 0.6) is 0 Å². The van der Waals surface area contributed by atoms with Gasteiger partial charge in [-0.1, -0.05) is 18.2 Å². The monoisotopic (exact) mass is 388 g/mol. The standard InChI is InChI=1S/C21H19F3N2O2/c22-21(23,24)15-8-9-17(26-10-4-1-5-11-26)16(13-15)25-20(27)19-12-14-6-2-3-7-18(14)28-19/h2-3,6-9,12-13H,1,4-5,10-11H2,(H,25,27). The largest absolute Gasteiger partial charge is 0.451 e. The summed E-state index contributed by atoms with van der Waals surface area (Å²) in [5.74, 6) is -0.517. The molecule has 0 radical (unpaired) electrons. The van der Waals surface area contributed by atoms with Crippen LogP contribution in [0.15, 0.2) is 52.9 Å². The minimum atomic E-state index is -4.49. The van der Waals surface area contributed by atoms with Gasteiger partial charge in [0.2, 0.25) is 0 Å². The van der Waals surface area contributed by atoms with E-state index in [1.807, 2.05) is 11.0 Å². The molecule has 1 N–H and O–H groups in total. The molecule has 0 atom stereocenters. The Morgan fingerprint density at radius 2 is 1.75 bits per heavy atom. The fraction of sp³-hybridized carbons (Fsp3) is 0.286. The number of fused-ring (bicyclic) bond motifs is 1. The molecule has 7 heteroatoms. The van der Waals surface area contributed by atoms with E-state index >= 15 is 0 Å². The lowest BCUT2D eigenvalue weighted by molar-refractivity contribution is -0.137. The maximum Gasteiger partial charge on any atom is 0.416 e. The lowest BCUT2D eigenvalue weighted by Crippen LogP contribution is -2.30. The highest BCUT2D eigenvalue weighted by Gasteiger charge is 2.32. The highest BCUT2D eigenvalue weighted by Crippen LogP contribution is 2.36. The lowest BCUT2D eigenvalue weighted by atomic mass is 10.1. The van der Waals surface area contributed by atoms with Gasteiger partial charge in [-0.2, -0.15) is 13.2 Å². The number of nitrogens with one attached hydrogen (secondary N) is 1. The van der Waals surface area contributed by atoms with E-state index in [4.69, 9.17) is 4.42 Å². The molecule has 1 amide bonds.